The predicted molar refractivity (Wildman–Crippen MR) is 137 cm³/mol. The highest BCUT2D eigenvalue weighted by atomic mass is 16.6. The Bertz CT molecular complexity index is 1260. The highest BCUT2D eigenvalue weighted by Gasteiger charge is 2.15. The summed E-state index contributed by atoms with van der Waals surface area (Å²) in [5.41, 5.74) is 6.21. The van der Waals surface area contributed by atoms with Crippen LogP contribution in [0.1, 0.15) is 28.4 Å². The van der Waals surface area contributed by atoms with Crippen LogP contribution < -0.4 is 10.4 Å². The van der Waals surface area contributed by atoms with E-state index in [1.54, 1.807) is 54.5 Å². The van der Waals surface area contributed by atoms with Crippen LogP contribution in [0.2, 0.25) is 0 Å². The zero-order valence-electron chi connectivity index (χ0n) is 20.2. The molecule has 2 N–H and O–H groups in total. The summed E-state index contributed by atoms with van der Waals surface area (Å²) in [5, 5.41) is 12.0. The molecule has 0 atom stereocenters. The molecular formula is C28H28N2O6. The average molecular weight is 489 g/mol. The number of phenols is 1. The molecular weight excluding hydrogens is 460 g/mol. The topological polar surface area (TPSA) is 105 Å². The van der Waals surface area contributed by atoms with Crippen molar-refractivity contribution < 1.29 is 29.0 Å². The summed E-state index contributed by atoms with van der Waals surface area (Å²) in [6.07, 6.45) is 0.0467. The fourth-order valence-electron chi connectivity index (χ4n) is 3.30. The Labute approximate surface area is 209 Å². The molecule has 0 amide bonds. The number of ketones is 1. The van der Waals surface area contributed by atoms with E-state index in [2.05, 4.69) is 12.0 Å². The number of carbonyl (C=O) groups excluding carboxylic acids is 3. The minimum absolute atomic E-state index is 0.0362. The van der Waals surface area contributed by atoms with Crippen LogP contribution in [0, 0.1) is 0 Å². The molecule has 0 unspecified atom stereocenters. The molecule has 0 bridgehead atoms. The molecule has 186 valence electrons. The van der Waals surface area contributed by atoms with Gasteiger partial charge in [-0.2, -0.15) is 0 Å². The Balaban J connectivity index is 1.60. The van der Waals surface area contributed by atoms with E-state index in [0.717, 1.165) is 11.3 Å². The Hall–Kier alpha value is -4.59. The normalized spacial score (nSPS) is 10.3. The van der Waals surface area contributed by atoms with E-state index in [4.69, 9.17) is 9.47 Å². The number of carbonyl (C=O) groups is 3. The van der Waals surface area contributed by atoms with Crippen molar-refractivity contribution in [1.29, 1.82) is 0 Å². The van der Waals surface area contributed by atoms with Gasteiger partial charge in [-0.3, -0.25) is 20.0 Å². The number of hydrogen-bond acceptors (Lipinski definition) is 8. The molecule has 0 aliphatic rings. The third-order valence-corrected chi connectivity index (χ3v) is 5.15. The number of esters is 2. The lowest BCUT2D eigenvalue weighted by molar-refractivity contribution is -0.149. The van der Waals surface area contributed by atoms with Gasteiger partial charge in [0.05, 0.1) is 23.4 Å². The summed E-state index contributed by atoms with van der Waals surface area (Å²) in [5.74, 6) is -1.36. The molecule has 36 heavy (non-hydrogen) atoms. The number of aromatic hydroxyl groups is 1. The molecule has 8 heteroatoms. The lowest BCUT2D eigenvalue weighted by Gasteiger charge is -2.22. The van der Waals surface area contributed by atoms with Crippen LogP contribution in [0.25, 0.3) is 0 Å². The van der Waals surface area contributed by atoms with Crippen molar-refractivity contribution >= 4 is 29.1 Å². The van der Waals surface area contributed by atoms with Gasteiger partial charge in [0.2, 0.25) is 0 Å². The zero-order chi connectivity index (χ0) is 26.1. The van der Waals surface area contributed by atoms with Crippen molar-refractivity contribution in [2.45, 2.75) is 13.3 Å². The maximum atomic E-state index is 12.8. The van der Waals surface area contributed by atoms with Crippen molar-refractivity contribution in [3.63, 3.8) is 0 Å². The summed E-state index contributed by atoms with van der Waals surface area (Å²) in [7, 11) is 1.79. The van der Waals surface area contributed by atoms with Gasteiger partial charge in [-0.25, -0.2) is 4.79 Å². The van der Waals surface area contributed by atoms with E-state index in [1.165, 1.54) is 13.0 Å². The third-order valence-electron chi connectivity index (χ3n) is 5.15. The van der Waals surface area contributed by atoms with Gasteiger partial charge in [0, 0.05) is 18.2 Å². The SMILES string of the molecule is C=C(C)C(=O)OCCOC(=O)Cc1cccc(N(C)Nc2ccc(O)c(C(=O)c3ccccc3)c2)c1. The van der Waals surface area contributed by atoms with E-state index in [0.29, 0.717) is 11.3 Å². The highest BCUT2D eigenvalue weighted by Crippen LogP contribution is 2.25. The van der Waals surface area contributed by atoms with Crippen LogP contribution in [-0.4, -0.2) is 43.1 Å². The van der Waals surface area contributed by atoms with Gasteiger partial charge in [-0.05, 0) is 42.8 Å². The number of ether oxygens (including phenoxy) is 2. The van der Waals surface area contributed by atoms with Crippen LogP contribution in [0.4, 0.5) is 11.4 Å². The molecule has 3 aromatic carbocycles. The number of rotatable bonds is 11. The summed E-state index contributed by atoms with van der Waals surface area (Å²) >= 11 is 0. The highest BCUT2D eigenvalue weighted by molar-refractivity contribution is 6.11. The Morgan fingerprint density at radius 2 is 1.67 bits per heavy atom. The van der Waals surface area contributed by atoms with E-state index < -0.39 is 11.9 Å². The number of hydrogen-bond donors (Lipinski definition) is 2. The second kappa shape index (κ2) is 12.2. The number of hydrazine groups is 1. The third kappa shape index (κ3) is 7.20. The minimum Gasteiger partial charge on any atom is -0.507 e. The molecule has 0 aliphatic carbocycles. The Morgan fingerprint density at radius 1 is 0.944 bits per heavy atom. The monoisotopic (exact) mass is 488 g/mol. The van der Waals surface area contributed by atoms with Crippen molar-refractivity contribution in [3.8, 4) is 5.75 Å². The number of nitrogens with one attached hydrogen (secondary N) is 1. The first-order valence-corrected chi connectivity index (χ1v) is 11.2. The zero-order valence-corrected chi connectivity index (χ0v) is 20.2. The van der Waals surface area contributed by atoms with Crippen molar-refractivity contribution in [3.05, 3.63) is 102 Å². The van der Waals surface area contributed by atoms with Crippen LogP contribution >= 0.6 is 0 Å². The van der Waals surface area contributed by atoms with Gasteiger partial charge >= 0.3 is 11.9 Å². The molecule has 3 aromatic rings. The molecule has 8 nitrogen and oxygen atoms in total. The fraction of sp³-hybridized carbons (Fsp3) is 0.179. The molecule has 0 aliphatic heterocycles. The van der Waals surface area contributed by atoms with Gasteiger partial charge in [-0.15, -0.1) is 0 Å². The lowest BCUT2D eigenvalue weighted by atomic mass is 10.0. The summed E-state index contributed by atoms with van der Waals surface area (Å²) in [6.45, 7) is 4.95. The number of anilines is 2. The van der Waals surface area contributed by atoms with Crippen molar-refractivity contribution in [2.75, 3.05) is 30.7 Å². The summed E-state index contributed by atoms with van der Waals surface area (Å²) < 4.78 is 10.0. The van der Waals surface area contributed by atoms with Crippen molar-refractivity contribution in [1.82, 2.24) is 0 Å². The molecule has 0 saturated heterocycles. The first-order chi connectivity index (χ1) is 17.2. The molecule has 0 spiro atoms. The van der Waals surface area contributed by atoms with Gasteiger partial charge in [0.15, 0.2) is 5.78 Å². The molecule has 3 rings (SSSR count). The lowest BCUT2D eigenvalue weighted by Crippen LogP contribution is -2.25. The Kier molecular flexibility index (Phi) is 8.83. The summed E-state index contributed by atoms with van der Waals surface area (Å²) in [4.78, 5) is 36.3. The van der Waals surface area contributed by atoms with Crippen molar-refractivity contribution in [2.24, 2.45) is 0 Å². The smallest absolute Gasteiger partial charge is 0.333 e. The minimum atomic E-state index is -0.528. The second-order valence-corrected chi connectivity index (χ2v) is 8.08. The largest absolute Gasteiger partial charge is 0.507 e. The van der Waals surface area contributed by atoms with Crippen LogP contribution in [0.3, 0.4) is 0 Å². The van der Waals surface area contributed by atoms with E-state index in [-0.39, 0.29) is 42.3 Å². The van der Waals surface area contributed by atoms with E-state index >= 15 is 0 Å². The van der Waals surface area contributed by atoms with Gasteiger partial charge < -0.3 is 14.6 Å². The first-order valence-electron chi connectivity index (χ1n) is 11.2. The van der Waals surface area contributed by atoms with Gasteiger partial charge in [-0.1, -0.05) is 49.0 Å². The first kappa shape index (κ1) is 26.0. The second-order valence-electron chi connectivity index (χ2n) is 8.08. The standard InChI is InChI=1S/C28H28N2O6/c1-19(2)28(34)36-15-14-35-26(32)17-20-8-7-11-23(16-20)30(3)29-22-12-13-25(31)24(18-22)27(33)21-9-5-4-6-10-21/h4-13,16,18,29,31H,1,14-15,17H2,2-3H3. The van der Waals surface area contributed by atoms with Crippen LogP contribution in [0.5, 0.6) is 5.75 Å². The molecule has 0 heterocycles. The van der Waals surface area contributed by atoms with Gasteiger partial charge in [0.25, 0.3) is 0 Å². The number of nitrogens with zero attached hydrogens (tertiary/aromatic N) is 1. The summed E-state index contributed by atoms with van der Waals surface area (Å²) in [6, 6.07) is 20.7. The Morgan fingerprint density at radius 3 is 2.39 bits per heavy atom. The molecule has 0 fully saturated rings. The maximum Gasteiger partial charge on any atom is 0.333 e. The maximum absolute atomic E-state index is 12.8. The molecule has 0 aromatic heterocycles. The van der Waals surface area contributed by atoms with E-state index in [1.807, 2.05) is 24.3 Å². The quantitative estimate of drug-likeness (QED) is 0.103. The predicted octanol–water partition coefficient (Wildman–Crippen LogP) is 4.29. The van der Waals surface area contributed by atoms with E-state index in [9.17, 15) is 19.5 Å². The fourth-order valence-corrected chi connectivity index (χ4v) is 3.30. The average Bonchev–Trinajstić information content (AvgIpc) is 2.87. The number of phenolic OH excluding ortho intramolecular Hbond substituents is 1. The van der Waals surface area contributed by atoms with Crippen LogP contribution in [0.15, 0.2) is 84.9 Å². The van der Waals surface area contributed by atoms with Crippen LogP contribution in [-0.2, 0) is 25.5 Å². The molecule has 0 saturated carbocycles. The number of benzene rings is 3. The molecule has 0 radical (unpaired) electrons. The van der Waals surface area contributed by atoms with Gasteiger partial charge in [0.1, 0.15) is 19.0 Å².